The molecular formula is C17H35NO2. The average Bonchev–Trinajstić information content (AvgIpc) is 2.43. The Bertz CT molecular complexity index is 239. The first-order valence-electron chi connectivity index (χ1n) is 8.59. The number of aliphatic hydroxyl groups is 1. The van der Waals surface area contributed by atoms with Crippen molar-refractivity contribution in [1.29, 1.82) is 0 Å². The Morgan fingerprint density at radius 1 is 1.20 bits per heavy atom. The molecule has 1 rings (SSSR count). The number of nitrogens with two attached hydrogens (primary N) is 1. The van der Waals surface area contributed by atoms with Gasteiger partial charge in [-0.3, -0.25) is 0 Å². The van der Waals surface area contributed by atoms with Gasteiger partial charge in [-0.15, -0.1) is 0 Å². The molecule has 0 unspecified atom stereocenters. The highest BCUT2D eigenvalue weighted by Gasteiger charge is 2.25. The highest BCUT2D eigenvalue weighted by Crippen LogP contribution is 2.28. The molecule has 0 amide bonds. The van der Waals surface area contributed by atoms with Crippen LogP contribution in [0.1, 0.15) is 72.1 Å². The molecule has 0 aromatic rings. The molecule has 1 aliphatic carbocycles. The van der Waals surface area contributed by atoms with Crippen molar-refractivity contribution in [3.8, 4) is 0 Å². The second-order valence-electron chi connectivity index (χ2n) is 6.86. The minimum atomic E-state index is -0.429. The molecule has 3 nitrogen and oxygen atoms in total. The molecule has 0 heterocycles. The van der Waals surface area contributed by atoms with Crippen LogP contribution in [0.3, 0.4) is 0 Å². The van der Waals surface area contributed by atoms with Gasteiger partial charge in [-0.1, -0.05) is 52.9 Å². The molecule has 1 saturated carbocycles. The Labute approximate surface area is 125 Å². The van der Waals surface area contributed by atoms with E-state index in [-0.39, 0.29) is 12.1 Å². The second-order valence-corrected chi connectivity index (χ2v) is 6.86. The summed E-state index contributed by atoms with van der Waals surface area (Å²) < 4.78 is 5.85. The van der Waals surface area contributed by atoms with Gasteiger partial charge in [0.25, 0.3) is 0 Å². The van der Waals surface area contributed by atoms with Crippen molar-refractivity contribution < 1.29 is 9.84 Å². The van der Waals surface area contributed by atoms with Crippen LogP contribution in [0.5, 0.6) is 0 Å². The molecule has 120 valence electrons. The largest absolute Gasteiger partial charge is 0.391 e. The van der Waals surface area contributed by atoms with Gasteiger partial charge in [0.05, 0.1) is 12.2 Å². The van der Waals surface area contributed by atoms with E-state index in [4.69, 9.17) is 10.5 Å². The summed E-state index contributed by atoms with van der Waals surface area (Å²) in [5.74, 6) is 1.15. The molecule has 0 aromatic carbocycles. The number of hydrogen-bond donors (Lipinski definition) is 2. The number of rotatable bonds is 9. The molecule has 0 saturated heterocycles. The highest BCUT2D eigenvalue weighted by molar-refractivity contribution is 4.80. The van der Waals surface area contributed by atoms with E-state index < -0.39 is 6.10 Å². The molecule has 0 aromatic heterocycles. The Balaban J connectivity index is 2.35. The van der Waals surface area contributed by atoms with Crippen molar-refractivity contribution in [3.05, 3.63) is 0 Å². The second kappa shape index (κ2) is 9.75. The average molecular weight is 285 g/mol. The standard InChI is InChI=1S/C17H35NO2/c1-4-10-20-17(13(2)3)12-16(19)15(18)11-14-8-6-5-7-9-14/h13-17,19H,4-12,18H2,1-3H3/t15-,16-,17-/m0/s1. The molecule has 0 aliphatic heterocycles. The van der Waals surface area contributed by atoms with Crippen LogP contribution in [0.2, 0.25) is 0 Å². The Morgan fingerprint density at radius 3 is 2.40 bits per heavy atom. The smallest absolute Gasteiger partial charge is 0.0715 e. The van der Waals surface area contributed by atoms with Gasteiger partial charge in [-0.05, 0) is 24.7 Å². The van der Waals surface area contributed by atoms with E-state index in [9.17, 15) is 5.11 Å². The monoisotopic (exact) mass is 285 g/mol. The number of hydrogen-bond acceptors (Lipinski definition) is 3. The molecule has 3 atom stereocenters. The Kier molecular flexibility index (Phi) is 8.74. The molecule has 0 spiro atoms. The van der Waals surface area contributed by atoms with Crippen LogP contribution in [0, 0.1) is 11.8 Å². The molecule has 1 aliphatic rings. The van der Waals surface area contributed by atoms with Gasteiger partial charge in [0.1, 0.15) is 0 Å². The first-order chi connectivity index (χ1) is 9.54. The van der Waals surface area contributed by atoms with Crippen molar-refractivity contribution in [2.45, 2.75) is 90.4 Å². The van der Waals surface area contributed by atoms with Crippen molar-refractivity contribution in [2.24, 2.45) is 17.6 Å². The summed E-state index contributed by atoms with van der Waals surface area (Å²) in [6.45, 7) is 7.19. The Hall–Kier alpha value is -0.120. The topological polar surface area (TPSA) is 55.5 Å². The van der Waals surface area contributed by atoms with Crippen molar-refractivity contribution in [2.75, 3.05) is 6.61 Å². The van der Waals surface area contributed by atoms with Crippen LogP contribution < -0.4 is 5.73 Å². The highest BCUT2D eigenvalue weighted by atomic mass is 16.5. The van der Waals surface area contributed by atoms with Gasteiger partial charge in [0.15, 0.2) is 0 Å². The summed E-state index contributed by atoms with van der Waals surface area (Å²) in [6.07, 6.45) is 8.99. The summed E-state index contributed by atoms with van der Waals surface area (Å²) in [5.41, 5.74) is 6.22. The lowest BCUT2D eigenvalue weighted by atomic mass is 9.83. The van der Waals surface area contributed by atoms with Gasteiger partial charge in [-0.2, -0.15) is 0 Å². The molecule has 20 heavy (non-hydrogen) atoms. The number of aliphatic hydroxyl groups excluding tert-OH is 1. The Morgan fingerprint density at radius 2 is 1.85 bits per heavy atom. The zero-order chi connectivity index (χ0) is 15.0. The summed E-state index contributed by atoms with van der Waals surface area (Å²) in [4.78, 5) is 0. The summed E-state index contributed by atoms with van der Waals surface area (Å²) >= 11 is 0. The maximum Gasteiger partial charge on any atom is 0.0715 e. The zero-order valence-electron chi connectivity index (χ0n) is 13.7. The van der Waals surface area contributed by atoms with E-state index in [2.05, 4.69) is 20.8 Å². The third-order valence-electron chi connectivity index (χ3n) is 4.58. The van der Waals surface area contributed by atoms with Gasteiger partial charge < -0.3 is 15.6 Å². The van der Waals surface area contributed by atoms with Crippen molar-refractivity contribution in [3.63, 3.8) is 0 Å². The molecule has 3 N–H and O–H groups in total. The molecular weight excluding hydrogens is 250 g/mol. The fourth-order valence-corrected chi connectivity index (χ4v) is 3.18. The minimum Gasteiger partial charge on any atom is -0.391 e. The maximum atomic E-state index is 10.4. The van der Waals surface area contributed by atoms with Gasteiger partial charge in [0.2, 0.25) is 0 Å². The molecule has 0 radical (unpaired) electrons. The van der Waals surface area contributed by atoms with Crippen LogP contribution in [-0.2, 0) is 4.74 Å². The summed E-state index contributed by atoms with van der Waals surface area (Å²) in [7, 11) is 0. The molecule has 0 bridgehead atoms. The van der Waals surface area contributed by atoms with Gasteiger partial charge in [0, 0.05) is 19.1 Å². The number of ether oxygens (including phenoxy) is 1. The van der Waals surface area contributed by atoms with Crippen LogP contribution in [0.15, 0.2) is 0 Å². The van der Waals surface area contributed by atoms with Crippen LogP contribution in [-0.4, -0.2) is 30.0 Å². The van der Waals surface area contributed by atoms with Gasteiger partial charge in [-0.25, -0.2) is 0 Å². The normalized spacial score (nSPS) is 21.9. The third-order valence-corrected chi connectivity index (χ3v) is 4.58. The van der Waals surface area contributed by atoms with E-state index in [0.717, 1.165) is 25.4 Å². The van der Waals surface area contributed by atoms with E-state index in [1.807, 2.05) is 0 Å². The minimum absolute atomic E-state index is 0.0930. The first kappa shape index (κ1) is 17.9. The summed E-state index contributed by atoms with van der Waals surface area (Å²) in [5, 5.41) is 10.4. The molecule has 1 fully saturated rings. The van der Waals surface area contributed by atoms with E-state index >= 15 is 0 Å². The van der Waals surface area contributed by atoms with Crippen molar-refractivity contribution in [1.82, 2.24) is 0 Å². The van der Waals surface area contributed by atoms with E-state index in [1.54, 1.807) is 0 Å². The van der Waals surface area contributed by atoms with Crippen LogP contribution in [0.25, 0.3) is 0 Å². The van der Waals surface area contributed by atoms with E-state index in [0.29, 0.717) is 12.3 Å². The maximum absolute atomic E-state index is 10.4. The SMILES string of the molecule is CCCO[C@@H](C[C@H](O)[C@@H](N)CC1CCCCC1)C(C)C. The predicted molar refractivity (Wildman–Crippen MR) is 84.7 cm³/mol. The lowest BCUT2D eigenvalue weighted by Gasteiger charge is -2.30. The van der Waals surface area contributed by atoms with E-state index in [1.165, 1.54) is 32.1 Å². The van der Waals surface area contributed by atoms with Crippen molar-refractivity contribution >= 4 is 0 Å². The third kappa shape index (κ3) is 6.55. The van der Waals surface area contributed by atoms with Gasteiger partial charge >= 0.3 is 0 Å². The van der Waals surface area contributed by atoms with Crippen LogP contribution >= 0.6 is 0 Å². The summed E-state index contributed by atoms with van der Waals surface area (Å²) in [6, 6.07) is -0.0930. The lowest BCUT2D eigenvalue weighted by molar-refractivity contribution is -0.0188. The van der Waals surface area contributed by atoms with Crippen LogP contribution in [0.4, 0.5) is 0 Å². The lowest BCUT2D eigenvalue weighted by Crippen LogP contribution is -2.40. The first-order valence-corrected chi connectivity index (χ1v) is 8.59. The quantitative estimate of drug-likeness (QED) is 0.682. The zero-order valence-corrected chi connectivity index (χ0v) is 13.7. The molecule has 3 heteroatoms. The predicted octanol–water partition coefficient (Wildman–Crippen LogP) is 3.49. The fraction of sp³-hybridized carbons (Fsp3) is 1.00. The fourth-order valence-electron chi connectivity index (χ4n) is 3.18.